The summed E-state index contributed by atoms with van der Waals surface area (Å²) >= 11 is 0. The van der Waals surface area contributed by atoms with E-state index >= 15 is 0 Å². The highest BCUT2D eigenvalue weighted by Crippen LogP contribution is 2.18. The van der Waals surface area contributed by atoms with Gasteiger partial charge in [-0.15, -0.1) is 0 Å². The molecule has 124 valence electrons. The summed E-state index contributed by atoms with van der Waals surface area (Å²) in [6.07, 6.45) is 17.5. The van der Waals surface area contributed by atoms with Crippen molar-refractivity contribution in [3.63, 3.8) is 0 Å². The fourth-order valence-corrected chi connectivity index (χ4v) is 2.63. The highest BCUT2D eigenvalue weighted by atomic mass is 16.4. The summed E-state index contributed by atoms with van der Waals surface area (Å²) in [5, 5.41) is 17.6. The van der Waals surface area contributed by atoms with E-state index in [1.165, 1.54) is 57.4 Å². The number of aliphatic hydroxyl groups is 1. The zero-order valence-corrected chi connectivity index (χ0v) is 13.7. The third kappa shape index (κ3) is 15.4. The van der Waals surface area contributed by atoms with Crippen LogP contribution in [0.4, 0.5) is 0 Å². The van der Waals surface area contributed by atoms with Crippen LogP contribution in [0.1, 0.15) is 84.0 Å². The van der Waals surface area contributed by atoms with Crippen molar-refractivity contribution < 1.29 is 15.0 Å². The van der Waals surface area contributed by atoms with Crippen LogP contribution in [0.25, 0.3) is 0 Å². The maximum Gasteiger partial charge on any atom is 0.327 e. The number of hydrogen-bond acceptors (Lipinski definition) is 2. The number of carboxylic acid groups (broad SMARTS) is 1. The second kappa shape index (κ2) is 15.6. The van der Waals surface area contributed by atoms with E-state index in [4.69, 9.17) is 10.2 Å². The van der Waals surface area contributed by atoms with Gasteiger partial charge in [-0.05, 0) is 25.2 Å². The molecule has 0 saturated heterocycles. The van der Waals surface area contributed by atoms with E-state index in [1.807, 2.05) is 0 Å². The first kappa shape index (κ1) is 20.2. The second-order valence-corrected chi connectivity index (χ2v) is 5.94. The van der Waals surface area contributed by atoms with Gasteiger partial charge in [0.2, 0.25) is 0 Å². The molecule has 0 aromatic heterocycles. The minimum Gasteiger partial charge on any atom is -0.478 e. The molecular weight excluding hydrogens is 264 g/mol. The van der Waals surface area contributed by atoms with Crippen molar-refractivity contribution >= 4 is 5.97 Å². The predicted octanol–water partition coefficient (Wildman–Crippen LogP) is 4.94. The topological polar surface area (TPSA) is 57.5 Å². The van der Waals surface area contributed by atoms with Gasteiger partial charge in [0.15, 0.2) is 0 Å². The molecule has 0 aliphatic heterocycles. The molecule has 0 saturated carbocycles. The molecular formula is C18H34O3. The van der Waals surface area contributed by atoms with Gasteiger partial charge >= 0.3 is 5.97 Å². The Morgan fingerprint density at radius 2 is 1.43 bits per heavy atom. The number of aliphatic hydroxyl groups excluding tert-OH is 1. The number of unbranched alkanes of at least 4 members (excludes halogenated alkanes) is 8. The first-order valence-corrected chi connectivity index (χ1v) is 8.72. The maximum absolute atomic E-state index is 10.6. The molecule has 0 spiro atoms. The van der Waals surface area contributed by atoms with E-state index in [0.717, 1.165) is 25.7 Å². The predicted molar refractivity (Wildman–Crippen MR) is 88.4 cm³/mol. The van der Waals surface area contributed by atoms with Crippen molar-refractivity contribution in [3.8, 4) is 0 Å². The summed E-state index contributed by atoms with van der Waals surface area (Å²) in [6.45, 7) is 2.43. The van der Waals surface area contributed by atoms with Gasteiger partial charge in [0.25, 0.3) is 0 Å². The van der Waals surface area contributed by atoms with Crippen molar-refractivity contribution in [1.82, 2.24) is 0 Å². The minimum absolute atomic E-state index is 0.190. The number of carboxylic acids is 1. The standard InChI is InChI=1S/C18H34O3/c1-2-3-4-5-6-7-8-9-10-12-17(13-11-16-19)14-15-18(20)21/h14-15,17,19H,2-13,16H2,1H3,(H,20,21). The minimum atomic E-state index is -0.879. The summed E-state index contributed by atoms with van der Waals surface area (Å²) in [5.41, 5.74) is 0. The van der Waals surface area contributed by atoms with Gasteiger partial charge in [-0.3, -0.25) is 0 Å². The quantitative estimate of drug-likeness (QED) is 0.333. The zero-order chi connectivity index (χ0) is 15.8. The van der Waals surface area contributed by atoms with Crippen LogP contribution in [0.2, 0.25) is 0 Å². The summed E-state index contributed by atoms with van der Waals surface area (Å²) in [7, 11) is 0. The van der Waals surface area contributed by atoms with Crippen LogP contribution in [-0.4, -0.2) is 22.8 Å². The fraction of sp³-hybridized carbons (Fsp3) is 0.833. The van der Waals surface area contributed by atoms with Gasteiger partial charge in [-0.2, -0.15) is 0 Å². The smallest absolute Gasteiger partial charge is 0.327 e. The SMILES string of the molecule is CCCCCCCCCCCC(C=CC(=O)O)CCCO. The first-order chi connectivity index (χ1) is 10.2. The summed E-state index contributed by atoms with van der Waals surface area (Å²) < 4.78 is 0. The Labute approximate surface area is 130 Å². The van der Waals surface area contributed by atoms with Crippen molar-refractivity contribution in [2.24, 2.45) is 5.92 Å². The number of allylic oxidation sites excluding steroid dienone is 1. The van der Waals surface area contributed by atoms with E-state index in [-0.39, 0.29) is 6.61 Å². The molecule has 0 aliphatic carbocycles. The number of carbonyl (C=O) groups is 1. The second-order valence-electron chi connectivity index (χ2n) is 5.94. The number of hydrogen-bond donors (Lipinski definition) is 2. The molecule has 3 heteroatoms. The van der Waals surface area contributed by atoms with Crippen LogP contribution in [0.15, 0.2) is 12.2 Å². The lowest BCUT2D eigenvalue weighted by atomic mass is 9.95. The highest BCUT2D eigenvalue weighted by Gasteiger charge is 2.05. The van der Waals surface area contributed by atoms with Crippen LogP contribution < -0.4 is 0 Å². The molecule has 0 rings (SSSR count). The summed E-state index contributed by atoms with van der Waals surface area (Å²) in [5.74, 6) is -0.575. The van der Waals surface area contributed by atoms with Crippen molar-refractivity contribution in [3.05, 3.63) is 12.2 Å². The average molecular weight is 298 g/mol. The van der Waals surface area contributed by atoms with Gasteiger partial charge in [-0.1, -0.05) is 70.8 Å². The molecule has 0 aromatic rings. The average Bonchev–Trinajstić information content (AvgIpc) is 2.47. The zero-order valence-electron chi connectivity index (χ0n) is 13.7. The van der Waals surface area contributed by atoms with Crippen LogP contribution in [0.5, 0.6) is 0 Å². The van der Waals surface area contributed by atoms with E-state index in [2.05, 4.69) is 6.92 Å². The lowest BCUT2D eigenvalue weighted by molar-refractivity contribution is -0.131. The molecule has 0 amide bonds. The Bertz CT molecular complexity index is 261. The molecule has 0 heterocycles. The third-order valence-electron chi connectivity index (χ3n) is 3.92. The molecule has 0 bridgehead atoms. The van der Waals surface area contributed by atoms with Gasteiger partial charge in [0, 0.05) is 12.7 Å². The van der Waals surface area contributed by atoms with E-state index in [0.29, 0.717) is 5.92 Å². The first-order valence-electron chi connectivity index (χ1n) is 8.72. The van der Waals surface area contributed by atoms with Crippen LogP contribution in [-0.2, 0) is 4.79 Å². The Hall–Kier alpha value is -0.830. The molecule has 21 heavy (non-hydrogen) atoms. The third-order valence-corrected chi connectivity index (χ3v) is 3.92. The Balaban J connectivity index is 3.60. The Morgan fingerprint density at radius 3 is 1.95 bits per heavy atom. The van der Waals surface area contributed by atoms with Gasteiger partial charge in [0.05, 0.1) is 0 Å². The number of aliphatic carboxylic acids is 1. The molecule has 0 aromatic carbocycles. The molecule has 1 unspecified atom stereocenters. The molecule has 3 nitrogen and oxygen atoms in total. The molecule has 0 fully saturated rings. The van der Waals surface area contributed by atoms with Gasteiger partial charge < -0.3 is 10.2 Å². The van der Waals surface area contributed by atoms with Crippen LogP contribution in [0.3, 0.4) is 0 Å². The van der Waals surface area contributed by atoms with Crippen LogP contribution >= 0.6 is 0 Å². The molecule has 0 aliphatic rings. The Kier molecular flexibility index (Phi) is 14.9. The summed E-state index contributed by atoms with van der Waals surface area (Å²) in [6, 6.07) is 0. The lowest BCUT2D eigenvalue weighted by Crippen LogP contribution is -2.00. The highest BCUT2D eigenvalue weighted by molar-refractivity contribution is 5.79. The molecule has 1 atom stereocenters. The normalized spacial score (nSPS) is 12.9. The number of rotatable bonds is 15. The summed E-state index contributed by atoms with van der Waals surface area (Å²) in [4.78, 5) is 10.6. The van der Waals surface area contributed by atoms with E-state index < -0.39 is 5.97 Å². The molecule has 0 radical (unpaired) electrons. The van der Waals surface area contributed by atoms with Crippen molar-refractivity contribution in [2.45, 2.75) is 84.0 Å². The van der Waals surface area contributed by atoms with E-state index in [9.17, 15) is 4.79 Å². The molecule has 2 N–H and O–H groups in total. The van der Waals surface area contributed by atoms with Gasteiger partial charge in [-0.25, -0.2) is 4.79 Å². The van der Waals surface area contributed by atoms with Crippen molar-refractivity contribution in [2.75, 3.05) is 6.61 Å². The largest absolute Gasteiger partial charge is 0.478 e. The van der Waals surface area contributed by atoms with Gasteiger partial charge in [0.1, 0.15) is 0 Å². The Morgan fingerprint density at radius 1 is 0.905 bits per heavy atom. The fourth-order valence-electron chi connectivity index (χ4n) is 2.63. The lowest BCUT2D eigenvalue weighted by Gasteiger charge is -2.11. The maximum atomic E-state index is 10.6. The van der Waals surface area contributed by atoms with Crippen LogP contribution in [0, 0.1) is 5.92 Å². The monoisotopic (exact) mass is 298 g/mol. The van der Waals surface area contributed by atoms with Crippen molar-refractivity contribution in [1.29, 1.82) is 0 Å². The van der Waals surface area contributed by atoms with E-state index in [1.54, 1.807) is 6.08 Å².